The van der Waals surface area contributed by atoms with Crippen LogP contribution in [-0.2, 0) is 6.42 Å². The summed E-state index contributed by atoms with van der Waals surface area (Å²) < 4.78 is 37.1. The summed E-state index contributed by atoms with van der Waals surface area (Å²) in [5.74, 6) is -1.13. The maximum atomic E-state index is 14.0. The quantitative estimate of drug-likeness (QED) is 0.792. The molecule has 21 heavy (non-hydrogen) atoms. The van der Waals surface area contributed by atoms with Crippen LogP contribution in [0, 0.1) is 11.6 Å². The van der Waals surface area contributed by atoms with E-state index < -0.39 is 17.4 Å². The van der Waals surface area contributed by atoms with Crippen LogP contribution in [0.5, 0.6) is 11.5 Å². The SMILES string of the molecule is COc1cc(F)c(C(=O)Cc2cccc(F)c2)cc1OC. The first kappa shape index (κ1) is 15.0. The van der Waals surface area contributed by atoms with Gasteiger partial charge in [-0.05, 0) is 23.8 Å². The number of halogens is 2. The molecule has 0 aliphatic rings. The van der Waals surface area contributed by atoms with E-state index >= 15 is 0 Å². The van der Waals surface area contributed by atoms with Crippen molar-refractivity contribution in [2.75, 3.05) is 14.2 Å². The molecule has 2 aromatic carbocycles. The number of rotatable bonds is 5. The van der Waals surface area contributed by atoms with Crippen LogP contribution in [0.4, 0.5) is 8.78 Å². The average molecular weight is 292 g/mol. The molecule has 0 aliphatic heterocycles. The van der Waals surface area contributed by atoms with E-state index in [1.165, 1.54) is 38.5 Å². The molecule has 0 amide bonds. The molecule has 0 radical (unpaired) electrons. The molecule has 0 atom stereocenters. The summed E-state index contributed by atoms with van der Waals surface area (Å²) >= 11 is 0. The first-order valence-electron chi connectivity index (χ1n) is 6.24. The van der Waals surface area contributed by atoms with E-state index in [2.05, 4.69) is 0 Å². The Balaban J connectivity index is 2.31. The van der Waals surface area contributed by atoms with Gasteiger partial charge in [-0.15, -0.1) is 0 Å². The maximum Gasteiger partial charge on any atom is 0.170 e. The van der Waals surface area contributed by atoms with Crippen molar-refractivity contribution >= 4 is 5.78 Å². The van der Waals surface area contributed by atoms with E-state index in [-0.39, 0.29) is 23.5 Å². The molecular formula is C16H14F2O3. The minimum Gasteiger partial charge on any atom is -0.493 e. The lowest BCUT2D eigenvalue weighted by Gasteiger charge is -2.10. The fraction of sp³-hybridized carbons (Fsp3) is 0.188. The average Bonchev–Trinajstić information content (AvgIpc) is 2.46. The Bertz CT molecular complexity index is 669. The van der Waals surface area contributed by atoms with Gasteiger partial charge < -0.3 is 9.47 Å². The number of hydrogen-bond acceptors (Lipinski definition) is 3. The van der Waals surface area contributed by atoms with Crippen LogP contribution in [0.2, 0.25) is 0 Å². The van der Waals surface area contributed by atoms with Crippen LogP contribution in [-0.4, -0.2) is 20.0 Å². The van der Waals surface area contributed by atoms with Gasteiger partial charge in [0.1, 0.15) is 11.6 Å². The molecule has 0 bridgehead atoms. The second-order valence-electron chi connectivity index (χ2n) is 4.42. The number of carbonyl (C=O) groups excluding carboxylic acids is 1. The number of carbonyl (C=O) groups is 1. The molecule has 0 spiro atoms. The number of hydrogen-bond donors (Lipinski definition) is 0. The number of methoxy groups -OCH3 is 2. The van der Waals surface area contributed by atoms with Crippen molar-refractivity contribution in [3.05, 3.63) is 59.2 Å². The van der Waals surface area contributed by atoms with Gasteiger partial charge in [0.05, 0.1) is 19.8 Å². The Labute approximate surface area is 121 Å². The number of Topliss-reactive ketones (excluding diaryl/α,β-unsaturated/α-hetero) is 1. The lowest BCUT2D eigenvalue weighted by molar-refractivity contribution is 0.0988. The third kappa shape index (κ3) is 3.37. The Morgan fingerprint density at radius 2 is 1.71 bits per heavy atom. The number of ketones is 1. The fourth-order valence-corrected chi connectivity index (χ4v) is 2.00. The minimum absolute atomic E-state index is 0.0931. The van der Waals surface area contributed by atoms with Crippen LogP contribution in [0.15, 0.2) is 36.4 Å². The maximum absolute atomic E-state index is 14.0. The van der Waals surface area contributed by atoms with Gasteiger partial charge in [-0.2, -0.15) is 0 Å². The molecule has 0 N–H and O–H groups in total. The van der Waals surface area contributed by atoms with Crippen molar-refractivity contribution in [2.24, 2.45) is 0 Å². The van der Waals surface area contributed by atoms with Crippen molar-refractivity contribution in [1.29, 1.82) is 0 Å². The van der Waals surface area contributed by atoms with E-state index in [1.54, 1.807) is 6.07 Å². The summed E-state index contributed by atoms with van der Waals surface area (Å²) in [5, 5.41) is 0. The minimum atomic E-state index is -0.700. The lowest BCUT2D eigenvalue weighted by Crippen LogP contribution is -2.07. The Hall–Kier alpha value is -2.43. The second kappa shape index (κ2) is 6.35. The molecule has 5 heteroatoms. The predicted molar refractivity (Wildman–Crippen MR) is 73.9 cm³/mol. The summed E-state index contributed by atoms with van der Waals surface area (Å²) in [6.45, 7) is 0. The number of ether oxygens (including phenoxy) is 2. The molecule has 110 valence electrons. The smallest absolute Gasteiger partial charge is 0.170 e. The highest BCUT2D eigenvalue weighted by atomic mass is 19.1. The van der Waals surface area contributed by atoms with Gasteiger partial charge in [0.15, 0.2) is 17.3 Å². The van der Waals surface area contributed by atoms with Crippen molar-refractivity contribution in [3.63, 3.8) is 0 Å². The topological polar surface area (TPSA) is 35.5 Å². The van der Waals surface area contributed by atoms with Gasteiger partial charge in [-0.3, -0.25) is 4.79 Å². The first-order valence-corrected chi connectivity index (χ1v) is 6.24. The van der Waals surface area contributed by atoms with Crippen molar-refractivity contribution in [2.45, 2.75) is 6.42 Å². The highest BCUT2D eigenvalue weighted by Crippen LogP contribution is 2.30. The summed E-state index contributed by atoms with van der Waals surface area (Å²) in [5.41, 5.74) is 0.367. The summed E-state index contributed by atoms with van der Waals surface area (Å²) in [6.07, 6.45) is -0.0931. The highest BCUT2D eigenvalue weighted by molar-refractivity contribution is 5.98. The molecule has 0 unspecified atom stereocenters. The standard InChI is InChI=1S/C16H14F2O3/c1-20-15-8-12(13(18)9-16(15)21-2)14(19)7-10-4-3-5-11(17)6-10/h3-6,8-9H,7H2,1-2H3. The zero-order valence-corrected chi connectivity index (χ0v) is 11.7. The highest BCUT2D eigenvalue weighted by Gasteiger charge is 2.17. The van der Waals surface area contributed by atoms with Crippen LogP contribution in [0.25, 0.3) is 0 Å². The van der Waals surface area contributed by atoms with E-state index in [4.69, 9.17) is 9.47 Å². The van der Waals surface area contributed by atoms with E-state index in [0.717, 1.165) is 6.07 Å². The monoisotopic (exact) mass is 292 g/mol. The predicted octanol–water partition coefficient (Wildman–Crippen LogP) is 3.41. The van der Waals surface area contributed by atoms with Gasteiger partial charge in [-0.1, -0.05) is 12.1 Å². The lowest BCUT2D eigenvalue weighted by atomic mass is 10.0. The van der Waals surface area contributed by atoms with Gasteiger partial charge in [0, 0.05) is 12.5 Å². The van der Waals surface area contributed by atoms with Crippen molar-refractivity contribution in [3.8, 4) is 11.5 Å². The third-order valence-corrected chi connectivity index (χ3v) is 3.03. The van der Waals surface area contributed by atoms with Gasteiger partial charge in [-0.25, -0.2) is 8.78 Å². The zero-order valence-electron chi connectivity index (χ0n) is 11.7. The molecule has 0 aliphatic carbocycles. The Morgan fingerprint density at radius 1 is 1.05 bits per heavy atom. The molecule has 0 aromatic heterocycles. The molecule has 2 aromatic rings. The van der Waals surface area contributed by atoms with E-state index in [0.29, 0.717) is 5.56 Å². The van der Waals surface area contributed by atoms with Gasteiger partial charge in [0.2, 0.25) is 0 Å². The van der Waals surface area contributed by atoms with Crippen LogP contribution >= 0.6 is 0 Å². The second-order valence-corrected chi connectivity index (χ2v) is 4.42. The molecular weight excluding hydrogens is 278 g/mol. The zero-order chi connectivity index (χ0) is 15.4. The largest absolute Gasteiger partial charge is 0.493 e. The van der Waals surface area contributed by atoms with Gasteiger partial charge >= 0.3 is 0 Å². The third-order valence-electron chi connectivity index (χ3n) is 3.03. The number of benzene rings is 2. The normalized spacial score (nSPS) is 10.3. The summed E-state index contributed by atoms with van der Waals surface area (Å²) in [4.78, 5) is 12.2. The summed E-state index contributed by atoms with van der Waals surface area (Å²) in [7, 11) is 2.78. The molecule has 0 heterocycles. The fourth-order valence-electron chi connectivity index (χ4n) is 2.00. The van der Waals surface area contributed by atoms with E-state index in [1.807, 2.05) is 0 Å². The van der Waals surface area contributed by atoms with Crippen molar-refractivity contribution in [1.82, 2.24) is 0 Å². The van der Waals surface area contributed by atoms with Crippen molar-refractivity contribution < 1.29 is 23.0 Å². The summed E-state index contributed by atoms with van der Waals surface area (Å²) in [6, 6.07) is 8.03. The van der Waals surface area contributed by atoms with Crippen LogP contribution in [0.1, 0.15) is 15.9 Å². The van der Waals surface area contributed by atoms with E-state index in [9.17, 15) is 13.6 Å². The molecule has 3 nitrogen and oxygen atoms in total. The molecule has 0 fully saturated rings. The molecule has 0 saturated carbocycles. The van der Waals surface area contributed by atoms with Crippen LogP contribution in [0.3, 0.4) is 0 Å². The Kier molecular flexibility index (Phi) is 4.52. The molecule has 2 rings (SSSR count). The Morgan fingerprint density at radius 3 is 2.33 bits per heavy atom. The molecule has 0 saturated heterocycles. The van der Waals surface area contributed by atoms with Gasteiger partial charge in [0.25, 0.3) is 0 Å². The first-order chi connectivity index (χ1) is 10.0. The van der Waals surface area contributed by atoms with Crippen LogP contribution < -0.4 is 9.47 Å².